The van der Waals surface area contributed by atoms with Crippen molar-refractivity contribution < 1.29 is 18.8 Å². The van der Waals surface area contributed by atoms with Crippen molar-refractivity contribution in [2.24, 2.45) is 5.41 Å². The highest BCUT2D eigenvalue weighted by molar-refractivity contribution is 6.32. The minimum absolute atomic E-state index is 0.260. The van der Waals surface area contributed by atoms with E-state index < -0.39 is 29.2 Å². The van der Waals surface area contributed by atoms with Crippen LogP contribution in [0.4, 0.5) is 10.1 Å². The first-order chi connectivity index (χ1) is 18.9. The Balaban J connectivity index is 1.54. The molecule has 7 rings (SSSR count). The molecule has 1 spiro atoms. The Kier molecular flexibility index (Phi) is 5.08. The van der Waals surface area contributed by atoms with Gasteiger partial charge in [-0.2, -0.15) is 0 Å². The summed E-state index contributed by atoms with van der Waals surface area (Å²) in [6.07, 6.45) is 3.85. The van der Waals surface area contributed by atoms with E-state index in [9.17, 15) is 18.8 Å². The zero-order valence-electron chi connectivity index (χ0n) is 21.2. The van der Waals surface area contributed by atoms with Gasteiger partial charge in [0.05, 0.1) is 6.04 Å². The van der Waals surface area contributed by atoms with E-state index in [-0.39, 0.29) is 17.3 Å². The number of carbonyl (C=O) groups is 3. The van der Waals surface area contributed by atoms with Crippen molar-refractivity contribution in [3.8, 4) is 0 Å². The number of aryl methyl sites for hydroxylation is 1. The molecule has 4 aromatic carbocycles. The Morgan fingerprint density at radius 2 is 1.41 bits per heavy atom. The van der Waals surface area contributed by atoms with Gasteiger partial charge in [0.15, 0.2) is 17.3 Å². The minimum atomic E-state index is -1.54. The van der Waals surface area contributed by atoms with Crippen molar-refractivity contribution in [1.82, 2.24) is 0 Å². The molecular weight excluding hydrogens is 489 g/mol. The second kappa shape index (κ2) is 8.43. The van der Waals surface area contributed by atoms with E-state index >= 15 is 0 Å². The molecule has 4 nitrogen and oxygen atoms in total. The van der Waals surface area contributed by atoms with Crippen LogP contribution in [0.5, 0.6) is 0 Å². The number of nitrogens with zero attached hydrogens (tertiary/aromatic N) is 1. The summed E-state index contributed by atoms with van der Waals surface area (Å²) in [7, 11) is 0. The largest absolute Gasteiger partial charge is 0.352 e. The van der Waals surface area contributed by atoms with Crippen LogP contribution in [0.25, 0.3) is 6.08 Å². The second-order valence-electron chi connectivity index (χ2n) is 10.5. The molecule has 0 aromatic heterocycles. The van der Waals surface area contributed by atoms with Gasteiger partial charge in [0.25, 0.3) is 0 Å². The maximum Gasteiger partial charge on any atom is 0.185 e. The fourth-order valence-electron chi connectivity index (χ4n) is 6.85. The van der Waals surface area contributed by atoms with Crippen molar-refractivity contribution in [2.75, 3.05) is 4.90 Å². The number of halogens is 1. The molecule has 39 heavy (non-hydrogen) atoms. The van der Waals surface area contributed by atoms with Crippen LogP contribution in [0.3, 0.4) is 0 Å². The van der Waals surface area contributed by atoms with E-state index in [1.54, 1.807) is 24.3 Å². The highest BCUT2D eigenvalue weighted by Crippen LogP contribution is 2.60. The Hall–Kier alpha value is -4.64. The van der Waals surface area contributed by atoms with Crippen molar-refractivity contribution in [3.63, 3.8) is 0 Å². The third-order valence-corrected chi connectivity index (χ3v) is 8.55. The molecule has 190 valence electrons. The lowest BCUT2D eigenvalue weighted by atomic mass is 9.64. The molecule has 0 radical (unpaired) electrons. The van der Waals surface area contributed by atoms with Gasteiger partial charge < -0.3 is 4.90 Å². The normalized spacial score (nSPS) is 22.1. The molecule has 5 heteroatoms. The first kappa shape index (κ1) is 23.5. The van der Waals surface area contributed by atoms with Crippen LogP contribution < -0.4 is 4.90 Å². The molecule has 3 atom stereocenters. The van der Waals surface area contributed by atoms with Gasteiger partial charge in [-0.1, -0.05) is 84.4 Å². The molecule has 1 fully saturated rings. The highest BCUT2D eigenvalue weighted by atomic mass is 19.1. The van der Waals surface area contributed by atoms with Crippen molar-refractivity contribution in [2.45, 2.75) is 24.9 Å². The maximum atomic E-state index is 14.6. The van der Waals surface area contributed by atoms with Crippen molar-refractivity contribution in [3.05, 3.63) is 142 Å². The van der Waals surface area contributed by atoms with Gasteiger partial charge in [-0.15, -0.1) is 0 Å². The number of rotatable bonds is 3. The van der Waals surface area contributed by atoms with Gasteiger partial charge >= 0.3 is 0 Å². The Morgan fingerprint density at radius 3 is 2.08 bits per heavy atom. The maximum absolute atomic E-state index is 14.6. The van der Waals surface area contributed by atoms with E-state index in [1.807, 2.05) is 72.5 Å². The second-order valence-corrected chi connectivity index (χ2v) is 10.5. The summed E-state index contributed by atoms with van der Waals surface area (Å²) in [4.78, 5) is 45.6. The van der Waals surface area contributed by atoms with Crippen molar-refractivity contribution in [1.29, 1.82) is 0 Å². The summed E-state index contributed by atoms with van der Waals surface area (Å²) in [5, 5.41) is 0. The molecule has 0 bridgehead atoms. The van der Waals surface area contributed by atoms with Crippen molar-refractivity contribution >= 4 is 29.1 Å². The van der Waals surface area contributed by atoms with Gasteiger partial charge in [0.1, 0.15) is 17.3 Å². The van der Waals surface area contributed by atoms with Crippen LogP contribution >= 0.6 is 0 Å². The van der Waals surface area contributed by atoms with Gasteiger partial charge in [0, 0.05) is 28.3 Å². The number of hydrogen-bond donors (Lipinski definition) is 0. The summed E-state index contributed by atoms with van der Waals surface area (Å²) in [6.45, 7) is 1.97. The summed E-state index contributed by atoms with van der Waals surface area (Å²) in [5.74, 6) is -2.00. The number of anilines is 1. The number of fused-ring (bicyclic) bond motifs is 5. The quantitative estimate of drug-likeness (QED) is 0.233. The van der Waals surface area contributed by atoms with E-state index in [2.05, 4.69) is 0 Å². The van der Waals surface area contributed by atoms with Gasteiger partial charge in [-0.05, 0) is 48.4 Å². The summed E-state index contributed by atoms with van der Waals surface area (Å²) in [6, 6.07) is 26.3. The number of benzene rings is 4. The molecule has 0 saturated carbocycles. The van der Waals surface area contributed by atoms with Gasteiger partial charge in [-0.25, -0.2) is 4.39 Å². The first-order valence-corrected chi connectivity index (χ1v) is 13.0. The fraction of sp³-hybridized carbons (Fsp3) is 0.147. The van der Waals surface area contributed by atoms with Crippen LogP contribution in [0.15, 0.2) is 103 Å². The standard InChI is InChI=1S/C34H24FNO3/c1-20-10-12-22(13-11-20)29-30(31(37)23-14-17-24(35)18-15-23)36-27-9-5-2-6-21(27)16-19-28(36)34(29)32(38)25-7-3-4-8-26(25)33(34)39/h2-19,28-30H,1H3/t28-,29+,30-/m1/s1. The predicted molar refractivity (Wildman–Crippen MR) is 148 cm³/mol. The van der Waals surface area contributed by atoms with Crippen LogP contribution in [-0.4, -0.2) is 29.4 Å². The summed E-state index contributed by atoms with van der Waals surface area (Å²) in [5.41, 5.74) is 3.04. The van der Waals surface area contributed by atoms with Gasteiger partial charge in [0.2, 0.25) is 0 Å². The lowest BCUT2D eigenvalue weighted by Gasteiger charge is -2.37. The molecule has 0 unspecified atom stereocenters. The van der Waals surface area contributed by atoms with Crippen LogP contribution in [0, 0.1) is 18.2 Å². The number of ketones is 3. The molecular formula is C34H24FNO3. The average molecular weight is 514 g/mol. The average Bonchev–Trinajstić information content (AvgIpc) is 3.40. The lowest BCUT2D eigenvalue weighted by molar-refractivity contribution is 0.0666. The van der Waals surface area contributed by atoms with E-state index in [0.29, 0.717) is 16.7 Å². The molecule has 4 aromatic rings. The van der Waals surface area contributed by atoms with Gasteiger partial charge in [-0.3, -0.25) is 14.4 Å². The highest BCUT2D eigenvalue weighted by Gasteiger charge is 2.71. The minimum Gasteiger partial charge on any atom is -0.352 e. The zero-order valence-corrected chi connectivity index (χ0v) is 21.2. The Morgan fingerprint density at radius 1 is 0.795 bits per heavy atom. The Labute approximate surface area is 225 Å². The molecule has 1 aliphatic carbocycles. The Bertz CT molecular complexity index is 1670. The lowest BCUT2D eigenvalue weighted by Crippen LogP contribution is -2.48. The number of carbonyl (C=O) groups excluding carboxylic acids is 3. The molecule has 0 N–H and O–H groups in total. The smallest absolute Gasteiger partial charge is 0.185 e. The fourth-order valence-corrected chi connectivity index (χ4v) is 6.85. The topological polar surface area (TPSA) is 54.5 Å². The SMILES string of the molecule is Cc1ccc([C@H]2[C@H](C(=O)c3ccc(F)cc3)N3c4ccccc4C=C[C@@H]3C23C(=O)c2ccccc2C3=O)cc1. The molecule has 1 saturated heterocycles. The summed E-state index contributed by atoms with van der Waals surface area (Å²) < 4.78 is 13.8. The number of Topliss-reactive ketones (excluding diaryl/α,β-unsaturated/α-hetero) is 3. The zero-order chi connectivity index (χ0) is 26.9. The third kappa shape index (κ3) is 3.13. The third-order valence-electron chi connectivity index (χ3n) is 8.55. The molecule has 2 aliphatic heterocycles. The van der Waals surface area contributed by atoms with Crippen LogP contribution in [0.1, 0.15) is 53.7 Å². The monoisotopic (exact) mass is 513 g/mol. The molecule has 0 amide bonds. The first-order valence-electron chi connectivity index (χ1n) is 13.0. The van der Waals surface area contributed by atoms with E-state index in [1.165, 1.54) is 24.3 Å². The van der Waals surface area contributed by atoms with E-state index in [0.717, 1.165) is 22.4 Å². The predicted octanol–water partition coefficient (Wildman–Crippen LogP) is 6.45. The van der Waals surface area contributed by atoms with Crippen LogP contribution in [0.2, 0.25) is 0 Å². The number of hydrogen-bond acceptors (Lipinski definition) is 4. The van der Waals surface area contributed by atoms with Crippen LogP contribution in [-0.2, 0) is 0 Å². The summed E-state index contributed by atoms with van der Waals surface area (Å²) >= 11 is 0. The van der Waals surface area contributed by atoms with E-state index in [4.69, 9.17) is 0 Å². The number of para-hydroxylation sites is 1. The molecule has 3 aliphatic rings. The molecule has 2 heterocycles.